The maximum Gasteiger partial charge on any atom is 0.243 e. The lowest BCUT2D eigenvalue weighted by atomic mass is 9.77. The van der Waals surface area contributed by atoms with Crippen LogP contribution < -0.4 is 4.74 Å². The lowest BCUT2D eigenvalue weighted by Crippen LogP contribution is -2.57. The van der Waals surface area contributed by atoms with Crippen molar-refractivity contribution in [2.24, 2.45) is 5.92 Å². The van der Waals surface area contributed by atoms with E-state index in [0.29, 0.717) is 12.5 Å². The van der Waals surface area contributed by atoms with Crippen LogP contribution in [0, 0.1) is 11.7 Å². The number of piperidine rings is 2. The number of sulfonamides is 1. The van der Waals surface area contributed by atoms with Crippen molar-refractivity contribution in [3.8, 4) is 5.75 Å². The molecule has 3 atom stereocenters. The number of halogens is 1. The number of nitrogens with zero attached hydrogens (tertiary/aromatic N) is 2. The van der Waals surface area contributed by atoms with Gasteiger partial charge in [0.15, 0.2) is 0 Å². The quantitative estimate of drug-likeness (QED) is 0.747. The van der Waals surface area contributed by atoms with Crippen molar-refractivity contribution in [3.05, 3.63) is 59.4 Å². The standard InChI is InChI=1S/C23H27FN2O3S/c1-29-19-6-9-21-16(13-19)10-12-25-15-17-3-2-11-26(22(17)14-23(21)25)30(27,28)20-7-4-18(24)5-8-20/h4-9,13,17,22-23H,2-3,10-12,14-15H2,1H3/t17-,22+,23+/m1/s1. The van der Waals surface area contributed by atoms with Crippen molar-refractivity contribution < 1.29 is 17.5 Å². The summed E-state index contributed by atoms with van der Waals surface area (Å²) >= 11 is 0. The Hall–Kier alpha value is -1.96. The fourth-order valence-corrected chi connectivity index (χ4v) is 7.29. The molecular formula is C23H27FN2O3S. The molecule has 0 aliphatic carbocycles. The average molecular weight is 431 g/mol. The Bertz CT molecular complexity index is 1040. The third kappa shape index (κ3) is 3.33. The Morgan fingerprint density at radius 2 is 1.90 bits per heavy atom. The average Bonchev–Trinajstić information content (AvgIpc) is 2.77. The molecule has 0 aromatic heterocycles. The molecule has 0 bridgehead atoms. The summed E-state index contributed by atoms with van der Waals surface area (Å²) in [7, 11) is -1.96. The van der Waals surface area contributed by atoms with Crippen LogP contribution in [0.1, 0.15) is 36.4 Å². The molecule has 30 heavy (non-hydrogen) atoms. The molecule has 5 nitrogen and oxygen atoms in total. The van der Waals surface area contributed by atoms with Crippen LogP contribution in [0.3, 0.4) is 0 Å². The molecule has 2 saturated heterocycles. The maximum atomic E-state index is 13.4. The topological polar surface area (TPSA) is 49.9 Å². The summed E-state index contributed by atoms with van der Waals surface area (Å²) < 4.78 is 47.3. The minimum atomic E-state index is -3.65. The van der Waals surface area contributed by atoms with Crippen molar-refractivity contribution in [1.82, 2.24) is 9.21 Å². The number of hydrogen-bond acceptors (Lipinski definition) is 4. The van der Waals surface area contributed by atoms with E-state index in [0.717, 1.165) is 44.5 Å². The monoisotopic (exact) mass is 430 g/mol. The fourth-order valence-electron chi connectivity index (χ4n) is 5.56. The van der Waals surface area contributed by atoms with Crippen molar-refractivity contribution >= 4 is 10.0 Å². The highest BCUT2D eigenvalue weighted by Gasteiger charge is 2.46. The van der Waals surface area contributed by atoms with E-state index >= 15 is 0 Å². The first-order valence-corrected chi connectivity index (χ1v) is 12.1. The third-order valence-corrected chi connectivity index (χ3v) is 8.98. The molecule has 2 aromatic rings. The van der Waals surface area contributed by atoms with Crippen LogP contribution in [-0.4, -0.2) is 50.4 Å². The number of hydrogen-bond donors (Lipinski definition) is 0. The molecule has 0 N–H and O–H groups in total. The Morgan fingerprint density at radius 1 is 1.10 bits per heavy atom. The predicted octanol–water partition coefficient (Wildman–Crippen LogP) is 3.61. The van der Waals surface area contributed by atoms with E-state index in [2.05, 4.69) is 17.0 Å². The van der Waals surface area contributed by atoms with Crippen LogP contribution in [0.5, 0.6) is 5.75 Å². The summed E-state index contributed by atoms with van der Waals surface area (Å²) in [6.45, 7) is 2.46. The molecule has 3 heterocycles. The van der Waals surface area contributed by atoms with Crippen molar-refractivity contribution in [2.45, 2.75) is 42.7 Å². The normalized spacial score (nSPS) is 27.1. The van der Waals surface area contributed by atoms with Gasteiger partial charge in [0, 0.05) is 31.7 Å². The molecule has 3 aliphatic rings. The van der Waals surface area contributed by atoms with E-state index in [1.54, 1.807) is 11.4 Å². The Kier molecular flexibility index (Phi) is 5.08. The van der Waals surface area contributed by atoms with Gasteiger partial charge in [0.25, 0.3) is 0 Å². The molecule has 0 unspecified atom stereocenters. The SMILES string of the molecule is COc1ccc2c(c1)CCN1C[C@H]3CCCN(S(=O)(=O)c4ccc(F)cc4)[C@H]3C[C@@H]21. The number of methoxy groups -OCH3 is 1. The number of rotatable bonds is 3. The third-order valence-electron chi connectivity index (χ3n) is 7.04. The maximum absolute atomic E-state index is 13.4. The molecule has 5 rings (SSSR count). The van der Waals surface area contributed by atoms with Crippen LogP contribution in [0.25, 0.3) is 0 Å². The van der Waals surface area contributed by atoms with Crippen LogP contribution in [0.15, 0.2) is 47.4 Å². The Morgan fingerprint density at radius 3 is 2.67 bits per heavy atom. The van der Waals surface area contributed by atoms with Gasteiger partial charge in [-0.25, -0.2) is 12.8 Å². The second-order valence-corrected chi connectivity index (χ2v) is 10.5. The van der Waals surface area contributed by atoms with Crippen molar-refractivity contribution in [3.63, 3.8) is 0 Å². The van der Waals surface area contributed by atoms with Gasteiger partial charge in [-0.2, -0.15) is 4.31 Å². The molecule has 3 aliphatic heterocycles. The van der Waals surface area contributed by atoms with E-state index < -0.39 is 15.8 Å². The van der Waals surface area contributed by atoms with Gasteiger partial charge >= 0.3 is 0 Å². The highest BCUT2D eigenvalue weighted by atomic mass is 32.2. The number of benzene rings is 2. The lowest BCUT2D eigenvalue weighted by Gasteiger charge is -2.51. The minimum Gasteiger partial charge on any atom is -0.497 e. The fraction of sp³-hybridized carbons (Fsp3) is 0.478. The van der Waals surface area contributed by atoms with Gasteiger partial charge in [-0.1, -0.05) is 6.07 Å². The smallest absolute Gasteiger partial charge is 0.243 e. The van der Waals surface area contributed by atoms with Gasteiger partial charge in [-0.05, 0) is 79.1 Å². The van der Waals surface area contributed by atoms with Crippen molar-refractivity contribution in [2.75, 3.05) is 26.7 Å². The highest BCUT2D eigenvalue weighted by molar-refractivity contribution is 7.89. The van der Waals surface area contributed by atoms with E-state index in [1.165, 1.54) is 35.4 Å². The molecule has 0 saturated carbocycles. The Balaban J connectivity index is 1.47. The largest absolute Gasteiger partial charge is 0.497 e. The van der Waals surface area contributed by atoms with Gasteiger partial charge in [0.1, 0.15) is 11.6 Å². The van der Waals surface area contributed by atoms with Gasteiger partial charge in [0.2, 0.25) is 10.0 Å². The first-order valence-electron chi connectivity index (χ1n) is 10.7. The molecule has 0 spiro atoms. The second kappa shape index (κ2) is 7.62. The van der Waals surface area contributed by atoms with E-state index in [4.69, 9.17) is 4.74 Å². The van der Waals surface area contributed by atoms with Crippen LogP contribution in [0.4, 0.5) is 4.39 Å². The summed E-state index contributed by atoms with van der Waals surface area (Å²) in [6, 6.07) is 11.7. The van der Waals surface area contributed by atoms with E-state index in [1.807, 2.05) is 6.07 Å². The van der Waals surface area contributed by atoms with Gasteiger partial charge in [0.05, 0.1) is 12.0 Å². The number of fused-ring (bicyclic) bond motifs is 4. The summed E-state index contributed by atoms with van der Waals surface area (Å²) in [5.74, 6) is 0.784. The van der Waals surface area contributed by atoms with E-state index in [-0.39, 0.29) is 17.0 Å². The zero-order chi connectivity index (χ0) is 20.9. The first-order chi connectivity index (χ1) is 14.5. The van der Waals surface area contributed by atoms with Crippen LogP contribution in [-0.2, 0) is 16.4 Å². The van der Waals surface area contributed by atoms with Gasteiger partial charge in [-0.3, -0.25) is 4.90 Å². The number of ether oxygens (including phenoxy) is 1. The molecule has 7 heteroatoms. The second-order valence-electron chi connectivity index (χ2n) is 8.60. The summed E-state index contributed by atoms with van der Waals surface area (Å²) in [6.07, 6.45) is 3.72. The highest BCUT2D eigenvalue weighted by Crippen LogP contribution is 2.44. The summed E-state index contributed by atoms with van der Waals surface area (Å²) in [5, 5.41) is 0. The first kappa shape index (κ1) is 20.0. The lowest BCUT2D eigenvalue weighted by molar-refractivity contribution is 0.0219. The Labute approximate surface area is 177 Å². The molecule has 2 fully saturated rings. The molecule has 2 aromatic carbocycles. The van der Waals surface area contributed by atoms with Crippen LogP contribution in [0.2, 0.25) is 0 Å². The zero-order valence-electron chi connectivity index (χ0n) is 17.1. The minimum absolute atomic E-state index is 0.0249. The zero-order valence-corrected chi connectivity index (χ0v) is 17.9. The summed E-state index contributed by atoms with van der Waals surface area (Å²) in [5.41, 5.74) is 2.60. The van der Waals surface area contributed by atoms with E-state index in [9.17, 15) is 12.8 Å². The molecular weight excluding hydrogens is 403 g/mol. The molecule has 0 amide bonds. The van der Waals surface area contributed by atoms with Crippen LogP contribution >= 0.6 is 0 Å². The molecule has 0 radical (unpaired) electrons. The van der Waals surface area contributed by atoms with Gasteiger partial charge < -0.3 is 4.74 Å². The van der Waals surface area contributed by atoms with Gasteiger partial charge in [-0.15, -0.1) is 0 Å². The molecule has 160 valence electrons. The predicted molar refractivity (Wildman–Crippen MR) is 112 cm³/mol. The summed E-state index contributed by atoms with van der Waals surface area (Å²) in [4.78, 5) is 2.71. The van der Waals surface area contributed by atoms with Crippen molar-refractivity contribution in [1.29, 1.82) is 0 Å².